The zero-order valence-corrected chi connectivity index (χ0v) is 15.7. The van der Waals surface area contributed by atoms with Gasteiger partial charge in [0.25, 0.3) is 5.91 Å². The lowest BCUT2D eigenvalue weighted by molar-refractivity contribution is 0.0697. The normalized spacial score (nSPS) is 17.7. The average Bonchev–Trinajstić information content (AvgIpc) is 3.15. The van der Waals surface area contributed by atoms with Crippen LogP contribution in [0.15, 0.2) is 47.4 Å². The highest BCUT2D eigenvalue weighted by molar-refractivity contribution is 7.89. The molecule has 4 rings (SSSR count). The van der Waals surface area contributed by atoms with Crippen LogP contribution < -0.4 is 0 Å². The van der Waals surface area contributed by atoms with Crippen molar-refractivity contribution >= 4 is 15.9 Å². The number of carbonyl (C=O) groups excluding carboxylic acids is 1. The van der Waals surface area contributed by atoms with Gasteiger partial charge in [0.2, 0.25) is 10.0 Å². The average molecular weight is 388 g/mol. The van der Waals surface area contributed by atoms with Gasteiger partial charge in [0.05, 0.1) is 0 Å². The third kappa shape index (κ3) is 3.37. The van der Waals surface area contributed by atoms with Crippen molar-refractivity contribution in [2.24, 2.45) is 0 Å². The monoisotopic (exact) mass is 388 g/mol. The van der Waals surface area contributed by atoms with E-state index in [4.69, 9.17) is 0 Å². The summed E-state index contributed by atoms with van der Waals surface area (Å²) in [5, 5.41) is 0. The van der Waals surface area contributed by atoms with E-state index in [1.807, 2.05) is 18.2 Å². The molecule has 0 radical (unpaired) electrons. The Kier molecular flexibility index (Phi) is 4.74. The Morgan fingerprint density at radius 2 is 1.63 bits per heavy atom. The molecule has 1 aliphatic heterocycles. The van der Waals surface area contributed by atoms with Gasteiger partial charge < -0.3 is 4.90 Å². The van der Waals surface area contributed by atoms with Gasteiger partial charge in [-0.25, -0.2) is 12.8 Å². The van der Waals surface area contributed by atoms with Crippen LogP contribution in [0.2, 0.25) is 0 Å². The summed E-state index contributed by atoms with van der Waals surface area (Å²) in [6, 6.07) is 11.2. The van der Waals surface area contributed by atoms with E-state index < -0.39 is 15.8 Å². The van der Waals surface area contributed by atoms with E-state index in [1.54, 1.807) is 4.90 Å². The highest BCUT2D eigenvalue weighted by Gasteiger charge is 2.32. The molecule has 1 fully saturated rings. The number of benzene rings is 2. The number of halogens is 1. The number of hydrogen-bond acceptors (Lipinski definition) is 3. The van der Waals surface area contributed by atoms with Crippen LogP contribution in [0.4, 0.5) is 4.39 Å². The third-order valence-corrected chi connectivity index (χ3v) is 7.26. The van der Waals surface area contributed by atoms with Gasteiger partial charge in [0.1, 0.15) is 10.7 Å². The standard InChI is InChI=1S/C20H21FN2O3S/c21-18-6-1-2-7-19(18)27(25,26)23-12-10-22(11-13-23)20(24)17-9-8-15-4-3-5-16(15)14-17/h1-2,6-9,14H,3-5,10-13H2. The predicted octanol–water partition coefficient (Wildman–Crippen LogP) is 2.46. The number of rotatable bonds is 3. The minimum Gasteiger partial charge on any atom is -0.336 e. The van der Waals surface area contributed by atoms with Crippen LogP contribution in [0, 0.1) is 5.82 Å². The molecule has 1 saturated heterocycles. The van der Waals surface area contributed by atoms with Crippen LogP contribution in [-0.4, -0.2) is 49.7 Å². The van der Waals surface area contributed by atoms with Crippen LogP contribution in [0.25, 0.3) is 0 Å². The number of hydrogen-bond donors (Lipinski definition) is 0. The quantitative estimate of drug-likeness (QED) is 0.812. The summed E-state index contributed by atoms with van der Waals surface area (Å²) in [6.07, 6.45) is 3.20. The Morgan fingerprint density at radius 1 is 0.926 bits per heavy atom. The third-order valence-electron chi connectivity index (χ3n) is 5.33. The number of carbonyl (C=O) groups is 1. The van der Waals surface area contributed by atoms with E-state index in [1.165, 1.54) is 33.6 Å². The van der Waals surface area contributed by atoms with Crippen molar-refractivity contribution in [2.75, 3.05) is 26.2 Å². The first-order chi connectivity index (χ1) is 13.0. The molecule has 27 heavy (non-hydrogen) atoms. The fourth-order valence-corrected chi connectivity index (χ4v) is 5.30. The van der Waals surface area contributed by atoms with E-state index in [0.29, 0.717) is 18.7 Å². The van der Waals surface area contributed by atoms with E-state index in [9.17, 15) is 17.6 Å². The van der Waals surface area contributed by atoms with Gasteiger partial charge in [-0.2, -0.15) is 4.31 Å². The van der Waals surface area contributed by atoms with Crippen LogP contribution in [0.5, 0.6) is 0 Å². The number of amides is 1. The molecule has 1 amide bonds. The summed E-state index contributed by atoms with van der Waals surface area (Å²) >= 11 is 0. The fraction of sp³-hybridized carbons (Fsp3) is 0.350. The number of fused-ring (bicyclic) bond motifs is 1. The van der Waals surface area contributed by atoms with Crippen LogP contribution >= 0.6 is 0 Å². The first kappa shape index (κ1) is 18.1. The smallest absolute Gasteiger partial charge is 0.253 e. The Hall–Kier alpha value is -2.25. The summed E-state index contributed by atoms with van der Waals surface area (Å²) in [7, 11) is -3.89. The Morgan fingerprint density at radius 3 is 2.37 bits per heavy atom. The molecule has 0 saturated carbocycles. The summed E-state index contributed by atoms with van der Waals surface area (Å²) in [5.74, 6) is -0.832. The highest BCUT2D eigenvalue weighted by Crippen LogP contribution is 2.24. The minimum absolute atomic E-state index is 0.0763. The van der Waals surface area contributed by atoms with Gasteiger partial charge in [0.15, 0.2) is 0 Å². The number of piperazine rings is 1. The van der Waals surface area contributed by atoms with Gasteiger partial charge in [-0.15, -0.1) is 0 Å². The zero-order valence-electron chi connectivity index (χ0n) is 14.9. The number of sulfonamides is 1. The molecule has 142 valence electrons. The zero-order chi connectivity index (χ0) is 19.0. The SMILES string of the molecule is O=C(c1ccc2c(c1)CCC2)N1CCN(S(=O)(=O)c2ccccc2F)CC1. The molecule has 0 spiro atoms. The van der Waals surface area contributed by atoms with Gasteiger partial charge in [-0.1, -0.05) is 18.2 Å². The summed E-state index contributed by atoms with van der Waals surface area (Å²) in [4.78, 5) is 14.1. The van der Waals surface area contributed by atoms with Crippen molar-refractivity contribution < 1.29 is 17.6 Å². The summed E-state index contributed by atoms with van der Waals surface area (Å²) in [6.45, 7) is 0.911. The van der Waals surface area contributed by atoms with Crippen LogP contribution in [0.1, 0.15) is 27.9 Å². The lowest BCUT2D eigenvalue weighted by Crippen LogP contribution is -2.50. The summed E-state index contributed by atoms with van der Waals surface area (Å²) < 4.78 is 40.5. The van der Waals surface area contributed by atoms with E-state index >= 15 is 0 Å². The maximum absolute atomic E-state index is 13.9. The molecule has 7 heteroatoms. The van der Waals surface area contributed by atoms with Gasteiger partial charge >= 0.3 is 0 Å². The molecule has 0 aromatic heterocycles. The molecule has 0 N–H and O–H groups in total. The second-order valence-corrected chi connectivity index (χ2v) is 8.87. The molecule has 1 heterocycles. The maximum atomic E-state index is 13.9. The molecule has 2 aromatic rings. The first-order valence-corrected chi connectivity index (χ1v) is 10.6. The molecule has 5 nitrogen and oxygen atoms in total. The van der Waals surface area contributed by atoms with Gasteiger partial charge in [-0.3, -0.25) is 4.79 Å². The fourth-order valence-electron chi connectivity index (χ4n) is 3.81. The Bertz CT molecular complexity index is 982. The second kappa shape index (κ2) is 7.05. The molecule has 0 unspecified atom stereocenters. The molecular formula is C20H21FN2O3S. The first-order valence-electron chi connectivity index (χ1n) is 9.12. The molecular weight excluding hydrogens is 367 g/mol. The van der Waals surface area contributed by atoms with Gasteiger partial charge in [0, 0.05) is 31.7 Å². The Labute approximate surface area is 158 Å². The van der Waals surface area contributed by atoms with Crippen molar-refractivity contribution in [1.82, 2.24) is 9.21 Å². The van der Waals surface area contributed by atoms with Crippen molar-refractivity contribution in [3.8, 4) is 0 Å². The van der Waals surface area contributed by atoms with Crippen LogP contribution in [0.3, 0.4) is 0 Å². The number of aryl methyl sites for hydroxylation is 2. The summed E-state index contributed by atoms with van der Waals surface area (Å²) in [5.41, 5.74) is 3.20. The van der Waals surface area contributed by atoms with Crippen molar-refractivity contribution in [3.63, 3.8) is 0 Å². The van der Waals surface area contributed by atoms with Crippen molar-refractivity contribution in [1.29, 1.82) is 0 Å². The number of nitrogens with zero attached hydrogens (tertiary/aromatic N) is 2. The largest absolute Gasteiger partial charge is 0.336 e. The molecule has 2 aliphatic rings. The van der Waals surface area contributed by atoms with E-state index in [-0.39, 0.29) is 23.9 Å². The van der Waals surface area contributed by atoms with Crippen LogP contribution in [-0.2, 0) is 22.9 Å². The predicted molar refractivity (Wildman–Crippen MR) is 99.5 cm³/mol. The van der Waals surface area contributed by atoms with E-state index in [2.05, 4.69) is 0 Å². The molecule has 0 bridgehead atoms. The minimum atomic E-state index is -3.89. The van der Waals surface area contributed by atoms with E-state index in [0.717, 1.165) is 25.3 Å². The molecule has 1 aliphatic carbocycles. The second-order valence-electron chi connectivity index (χ2n) is 6.96. The van der Waals surface area contributed by atoms with Crippen molar-refractivity contribution in [3.05, 3.63) is 65.0 Å². The lowest BCUT2D eigenvalue weighted by atomic mass is 10.1. The molecule has 0 atom stereocenters. The highest BCUT2D eigenvalue weighted by atomic mass is 32.2. The Balaban J connectivity index is 1.46. The topological polar surface area (TPSA) is 57.7 Å². The van der Waals surface area contributed by atoms with Crippen molar-refractivity contribution in [2.45, 2.75) is 24.2 Å². The lowest BCUT2D eigenvalue weighted by Gasteiger charge is -2.34. The molecule has 2 aromatic carbocycles. The van der Waals surface area contributed by atoms with Gasteiger partial charge in [-0.05, 0) is 54.7 Å². The maximum Gasteiger partial charge on any atom is 0.253 e.